The largest absolute Gasteiger partial charge is 0.493 e. The van der Waals surface area contributed by atoms with Gasteiger partial charge in [-0.2, -0.15) is 0 Å². The predicted molar refractivity (Wildman–Crippen MR) is 112 cm³/mol. The summed E-state index contributed by atoms with van der Waals surface area (Å²) in [5.74, 6) is 0.568. The van der Waals surface area contributed by atoms with Crippen molar-refractivity contribution in [3.8, 4) is 17.2 Å². The molecule has 0 fully saturated rings. The minimum Gasteiger partial charge on any atom is -0.493 e. The molecule has 1 heterocycles. The van der Waals surface area contributed by atoms with Crippen molar-refractivity contribution in [2.45, 2.75) is 12.5 Å². The van der Waals surface area contributed by atoms with Gasteiger partial charge < -0.3 is 24.3 Å². The molecular formula is C22H22ClNO6. The van der Waals surface area contributed by atoms with Gasteiger partial charge in [-0.1, -0.05) is 29.8 Å². The molecule has 1 aliphatic heterocycles. The predicted octanol–water partition coefficient (Wildman–Crippen LogP) is 3.55. The Bertz CT molecular complexity index is 959. The number of ether oxygens (including phenoxy) is 4. The first-order chi connectivity index (χ1) is 14.5. The van der Waals surface area contributed by atoms with E-state index in [4.69, 9.17) is 30.5 Å². The van der Waals surface area contributed by atoms with E-state index in [0.717, 1.165) is 11.3 Å². The SMILES string of the molecule is COc1cc(/C=C/C(=O)OCC(=O)NC2CCOc3ccccc32)cc(Cl)c1OC. The molecule has 0 saturated heterocycles. The Labute approximate surface area is 179 Å². The number of rotatable bonds is 7. The lowest BCUT2D eigenvalue weighted by Crippen LogP contribution is -2.34. The minimum atomic E-state index is -0.650. The number of carbonyl (C=O) groups excluding carboxylic acids is 2. The van der Waals surface area contributed by atoms with Gasteiger partial charge in [0.05, 0.1) is 31.9 Å². The third kappa shape index (κ3) is 5.24. The Kier molecular flexibility index (Phi) is 7.19. The first-order valence-electron chi connectivity index (χ1n) is 9.29. The zero-order chi connectivity index (χ0) is 21.5. The fourth-order valence-corrected chi connectivity index (χ4v) is 3.41. The van der Waals surface area contributed by atoms with Crippen molar-refractivity contribution in [3.05, 3.63) is 58.6 Å². The van der Waals surface area contributed by atoms with E-state index in [2.05, 4.69) is 5.32 Å². The molecule has 1 amide bonds. The van der Waals surface area contributed by atoms with E-state index in [1.807, 2.05) is 24.3 Å². The number of hydrogen-bond donors (Lipinski definition) is 1. The normalized spacial score (nSPS) is 15.1. The zero-order valence-electron chi connectivity index (χ0n) is 16.6. The molecule has 1 N–H and O–H groups in total. The summed E-state index contributed by atoms with van der Waals surface area (Å²) >= 11 is 6.14. The molecule has 2 aromatic carbocycles. The Balaban J connectivity index is 1.54. The molecule has 8 heteroatoms. The highest BCUT2D eigenvalue weighted by atomic mass is 35.5. The van der Waals surface area contributed by atoms with Crippen molar-refractivity contribution in [1.29, 1.82) is 0 Å². The van der Waals surface area contributed by atoms with Crippen LogP contribution in [0.5, 0.6) is 17.2 Å². The maximum Gasteiger partial charge on any atom is 0.331 e. The first kappa shape index (κ1) is 21.5. The molecule has 1 aliphatic rings. The highest BCUT2D eigenvalue weighted by molar-refractivity contribution is 6.32. The van der Waals surface area contributed by atoms with Crippen LogP contribution in [0.15, 0.2) is 42.5 Å². The molecule has 1 unspecified atom stereocenters. The van der Waals surface area contributed by atoms with E-state index in [1.54, 1.807) is 12.1 Å². The highest BCUT2D eigenvalue weighted by Gasteiger charge is 2.22. The maximum atomic E-state index is 12.2. The molecule has 0 spiro atoms. The second kappa shape index (κ2) is 10.0. The van der Waals surface area contributed by atoms with Crippen LogP contribution in [-0.4, -0.2) is 39.3 Å². The second-order valence-electron chi connectivity index (χ2n) is 6.47. The van der Waals surface area contributed by atoms with Gasteiger partial charge in [0.1, 0.15) is 5.75 Å². The van der Waals surface area contributed by atoms with Crippen molar-refractivity contribution in [2.75, 3.05) is 27.4 Å². The second-order valence-corrected chi connectivity index (χ2v) is 6.88. The van der Waals surface area contributed by atoms with Gasteiger partial charge in [-0.25, -0.2) is 4.79 Å². The number of methoxy groups -OCH3 is 2. The van der Waals surface area contributed by atoms with Gasteiger partial charge in [0, 0.05) is 18.1 Å². The Morgan fingerprint density at radius 3 is 2.80 bits per heavy atom. The van der Waals surface area contributed by atoms with Gasteiger partial charge in [0.2, 0.25) is 0 Å². The Morgan fingerprint density at radius 1 is 1.23 bits per heavy atom. The molecule has 3 rings (SSSR count). The third-order valence-electron chi connectivity index (χ3n) is 4.51. The molecule has 2 aromatic rings. The van der Waals surface area contributed by atoms with Crippen LogP contribution in [0.3, 0.4) is 0 Å². The van der Waals surface area contributed by atoms with Crippen LogP contribution in [-0.2, 0) is 14.3 Å². The van der Waals surface area contributed by atoms with E-state index in [-0.39, 0.29) is 18.6 Å². The highest BCUT2D eigenvalue weighted by Crippen LogP contribution is 2.36. The topological polar surface area (TPSA) is 83.1 Å². The van der Waals surface area contributed by atoms with E-state index >= 15 is 0 Å². The van der Waals surface area contributed by atoms with Crippen LogP contribution in [0.1, 0.15) is 23.6 Å². The van der Waals surface area contributed by atoms with Crippen LogP contribution in [0.4, 0.5) is 0 Å². The lowest BCUT2D eigenvalue weighted by atomic mass is 10.0. The first-order valence-corrected chi connectivity index (χ1v) is 9.67. The lowest BCUT2D eigenvalue weighted by molar-refractivity contribution is -0.144. The average Bonchev–Trinajstić information content (AvgIpc) is 2.76. The molecular weight excluding hydrogens is 410 g/mol. The summed E-state index contributed by atoms with van der Waals surface area (Å²) in [5, 5.41) is 3.22. The van der Waals surface area contributed by atoms with Gasteiger partial charge in [0.15, 0.2) is 18.1 Å². The average molecular weight is 432 g/mol. The van der Waals surface area contributed by atoms with Crippen LogP contribution >= 0.6 is 11.6 Å². The van der Waals surface area contributed by atoms with Crippen LogP contribution < -0.4 is 19.5 Å². The fourth-order valence-electron chi connectivity index (χ4n) is 3.11. The standard InChI is InChI=1S/C22H22ClNO6/c1-27-19-12-14(11-16(23)22(19)28-2)7-8-21(26)30-13-20(25)24-17-9-10-29-18-6-4-3-5-15(17)18/h3-8,11-12,17H,9-10,13H2,1-2H3,(H,24,25)/b8-7+. The molecule has 30 heavy (non-hydrogen) atoms. The monoisotopic (exact) mass is 431 g/mol. The molecule has 0 aliphatic carbocycles. The smallest absolute Gasteiger partial charge is 0.331 e. The lowest BCUT2D eigenvalue weighted by Gasteiger charge is -2.26. The van der Waals surface area contributed by atoms with Crippen molar-refractivity contribution < 1.29 is 28.5 Å². The Morgan fingerprint density at radius 2 is 2.03 bits per heavy atom. The molecule has 0 aromatic heterocycles. The summed E-state index contributed by atoms with van der Waals surface area (Å²) in [6, 6.07) is 10.7. The molecule has 7 nitrogen and oxygen atoms in total. The van der Waals surface area contributed by atoms with Gasteiger partial charge in [-0.05, 0) is 29.8 Å². The van der Waals surface area contributed by atoms with E-state index < -0.39 is 5.97 Å². The number of para-hydroxylation sites is 1. The van der Waals surface area contributed by atoms with Crippen LogP contribution in [0.25, 0.3) is 6.08 Å². The number of halogens is 1. The number of hydrogen-bond acceptors (Lipinski definition) is 6. The number of benzene rings is 2. The van der Waals surface area contributed by atoms with E-state index in [1.165, 1.54) is 26.4 Å². The van der Waals surface area contributed by atoms with Crippen molar-refractivity contribution in [1.82, 2.24) is 5.32 Å². The molecule has 0 bridgehead atoms. The van der Waals surface area contributed by atoms with Gasteiger partial charge in [-0.3, -0.25) is 4.79 Å². The van der Waals surface area contributed by atoms with Crippen molar-refractivity contribution in [2.24, 2.45) is 0 Å². The van der Waals surface area contributed by atoms with Crippen LogP contribution in [0.2, 0.25) is 5.02 Å². The summed E-state index contributed by atoms with van der Waals surface area (Å²) in [4.78, 5) is 24.2. The number of amides is 1. The quantitative estimate of drug-likeness (QED) is 0.533. The van der Waals surface area contributed by atoms with Crippen LogP contribution in [0, 0.1) is 0 Å². The summed E-state index contributed by atoms with van der Waals surface area (Å²) in [6.45, 7) is 0.133. The Hall–Kier alpha value is -3.19. The van der Waals surface area contributed by atoms with Crippen molar-refractivity contribution >= 4 is 29.6 Å². The van der Waals surface area contributed by atoms with E-state index in [0.29, 0.717) is 35.1 Å². The number of nitrogens with one attached hydrogen (secondary N) is 1. The van der Waals surface area contributed by atoms with Gasteiger partial charge >= 0.3 is 5.97 Å². The van der Waals surface area contributed by atoms with Gasteiger partial charge in [0.25, 0.3) is 5.91 Å². The van der Waals surface area contributed by atoms with Crippen molar-refractivity contribution in [3.63, 3.8) is 0 Å². The maximum absolute atomic E-state index is 12.2. The summed E-state index contributed by atoms with van der Waals surface area (Å²) in [5.41, 5.74) is 1.53. The molecule has 1 atom stereocenters. The minimum absolute atomic E-state index is 0.175. The van der Waals surface area contributed by atoms with E-state index in [9.17, 15) is 9.59 Å². The third-order valence-corrected chi connectivity index (χ3v) is 4.79. The number of fused-ring (bicyclic) bond motifs is 1. The molecule has 158 valence electrons. The zero-order valence-corrected chi connectivity index (χ0v) is 17.4. The fraction of sp³-hybridized carbons (Fsp3) is 0.273. The molecule has 0 radical (unpaired) electrons. The molecule has 0 saturated carbocycles. The summed E-state index contributed by atoms with van der Waals surface area (Å²) in [7, 11) is 2.98. The van der Waals surface area contributed by atoms with Gasteiger partial charge in [-0.15, -0.1) is 0 Å². The number of carbonyl (C=O) groups is 2. The summed E-state index contributed by atoms with van der Waals surface area (Å²) in [6.07, 6.45) is 3.38. The number of esters is 1. The summed E-state index contributed by atoms with van der Waals surface area (Å²) < 4.78 is 21.0.